The number of carbonyl (C=O) groups is 1. The summed E-state index contributed by atoms with van der Waals surface area (Å²) in [6.45, 7) is 6.31. The maximum absolute atomic E-state index is 12.3. The average molecular weight is 273 g/mol. The molecule has 1 N–H and O–H groups in total. The van der Waals surface area contributed by atoms with Crippen molar-refractivity contribution in [3.63, 3.8) is 0 Å². The van der Waals surface area contributed by atoms with E-state index in [1.165, 1.54) is 0 Å². The smallest absolute Gasteiger partial charge is 0.274 e. The predicted molar refractivity (Wildman–Crippen MR) is 78.2 cm³/mol. The third kappa shape index (κ3) is 2.99. The summed E-state index contributed by atoms with van der Waals surface area (Å²) in [5.74, 6) is 0.484. The first kappa shape index (κ1) is 14.1. The van der Waals surface area contributed by atoms with Gasteiger partial charge < -0.3 is 10.1 Å². The standard InChI is InChI=1S/C15H19N3O2/c1-5-20-14-8-10(2)6-7-12(14)16-15(19)13-9-11(3)17-18(13)4/h6-9H,5H2,1-4H3,(H,16,19). The summed E-state index contributed by atoms with van der Waals surface area (Å²) in [6, 6.07) is 7.45. The Kier molecular flexibility index (Phi) is 4.08. The third-order valence-corrected chi connectivity index (χ3v) is 2.92. The highest BCUT2D eigenvalue weighted by atomic mass is 16.5. The fraction of sp³-hybridized carbons (Fsp3) is 0.333. The van der Waals surface area contributed by atoms with Crippen LogP contribution in [0.1, 0.15) is 28.7 Å². The molecule has 0 fully saturated rings. The van der Waals surface area contributed by atoms with Gasteiger partial charge in [-0.2, -0.15) is 5.10 Å². The van der Waals surface area contributed by atoms with Crippen molar-refractivity contribution in [1.82, 2.24) is 9.78 Å². The molecule has 20 heavy (non-hydrogen) atoms. The number of nitrogens with one attached hydrogen (secondary N) is 1. The Bertz CT molecular complexity index is 632. The third-order valence-electron chi connectivity index (χ3n) is 2.92. The summed E-state index contributed by atoms with van der Waals surface area (Å²) < 4.78 is 7.12. The molecular weight excluding hydrogens is 254 g/mol. The van der Waals surface area contributed by atoms with Crippen molar-refractivity contribution >= 4 is 11.6 Å². The van der Waals surface area contributed by atoms with Gasteiger partial charge in [0.2, 0.25) is 0 Å². The summed E-state index contributed by atoms with van der Waals surface area (Å²) in [7, 11) is 1.75. The van der Waals surface area contributed by atoms with Crippen molar-refractivity contribution in [1.29, 1.82) is 0 Å². The van der Waals surface area contributed by atoms with E-state index >= 15 is 0 Å². The number of nitrogens with zero attached hydrogens (tertiary/aromatic N) is 2. The van der Waals surface area contributed by atoms with E-state index in [1.807, 2.05) is 39.0 Å². The van der Waals surface area contributed by atoms with Crippen molar-refractivity contribution in [3.05, 3.63) is 41.2 Å². The number of carbonyl (C=O) groups excluding carboxylic acids is 1. The van der Waals surface area contributed by atoms with Crippen LogP contribution < -0.4 is 10.1 Å². The molecule has 1 heterocycles. The highest BCUT2D eigenvalue weighted by Crippen LogP contribution is 2.26. The van der Waals surface area contributed by atoms with Gasteiger partial charge in [0.05, 0.1) is 18.0 Å². The van der Waals surface area contributed by atoms with Gasteiger partial charge in [-0.15, -0.1) is 0 Å². The lowest BCUT2D eigenvalue weighted by atomic mass is 10.2. The van der Waals surface area contributed by atoms with Crippen LogP contribution in [-0.4, -0.2) is 22.3 Å². The van der Waals surface area contributed by atoms with E-state index < -0.39 is 0 Å². The number of aromatic nitrogens is 2. The molecule has 0 saturated carbocycles. The molecular formula is C15H19N3O2. The molecule has 5 heteroatoms. The van der Waals surface area contributed by atoms with Gasteiger partial charge in [-0.3, -0.25) is 9.48 Å². The molecule has 0 bridgehead atoms. The van der Waals surface area contributed by atoms with Crippen LogP contribution in [0.2, 0.25) is 0 Å². The molecule has 0 aliphatic heterocycles. The lowest BCUT2D eigenvalue weighted by molar-refractivity contribution is 0.101. The number of amides is 1. The van der Waals surface area contributed by atoms with Crippen LogP contribution in [0, 0.1) is 13.8 Å². The zero-order valence-corrected chi connectivity index (χ0v) is 12.2. The van der Waals surface area contributed by atoms with Crippen molar-refractivity contribution in [3.8, 4) is 5.75 Å². The van der Waals surface area contributed by atoms with E-state index in [0.29, 0.717) is 23.7 Å². The summed E-state index contributed by atoms with van der Waals surface area (Å²) in [5.41, 5.74) is 3.08. The molecule has 0 aliphatic carbocycles. The van der Waals surface area contributed by atoms with E-state index in [4.69, 9.17) is 4.74 Å². The Morgan fingerprint density at radius 3 is 2.70 bits per heavy atom. The monoisotopic (exact) mass is 273 g/mol. The number of aryl methyl sites for hydroxylation is 3. The van der Waals surface area contributed by atoms with Gasteiger partial charge in [-0.1, -0.05) is 6.07 Å². The van der Waals surface area contributed by atoms with Crippen LogP contribution in [0.15, 0.2) is 24.3 Å². The quantitative estimate of drug-likeness (QED) is 0.931. The van der Waals surface area contributed by atoms with Crippen LogP contribution in [0.3, 0.4) is 0 Å². The first-order chi connectivity index (χ1) is 9.51. The van der Waals surface area contributed by atoms with Crippen LogP contribution in [0.4, 0.5) is 5.69 Å². The lowest BCUT2D eigenvalue weighted by Gasteiger charge is -2.12. The molecule has 2 aromatic rings. The average Bonchev–Trinajstić information content (AvgIpc) is 2.72. The number of rotatable bonds is 4. The molecule has 0 radical (unpaired) electrons. The van der Waals surface area contributed by atoms with Gasteiger partial charge in [0.1, 0.15) is 11.4 Å². The minimum Gasteiger partial charge on any atom is -0.492 e. The zero-order chi connectivity index (χ0) is 14.7. The van der Waals surface area contributed by atoms with Crippen LogP contribution in [0.25, 0.3) is 0 Å². The molecule has 5 nitrogen and oxygen atoms in total. The Balaban J connectivity index is 2.25. The van der Waals surface area contributed by atoms with Gasteiger partial charge in [0, 0.05) is 7.05 Å². The van der Waals surface area contributed by atoms with E-state index in [9.17, 15) is 4.79 Å². The van der Waals surface area contributed by atoms with E-state index in [-0.39, 0.29) is 5.91 Å². The molecule has 2 rings (SSSR count). The number of ether oxygens (including phenoxy) is 1. The van der Waals surface area contributed by atoms with Crippen molar-refractivity contribution < 1.29 is 9.53 Å². The highest BCUT2D eigenvalue weighted by molar-refractivity contribution is 6.04. The maximum atomic E-state index is 12.3. The highest BCUT2D eigenvalue weighted by Gasteiger charge is 2.14. The predicted octanol–water partition coefficient (Wildman–Crippen LogP) is 2.69. The molecule has 0 unspecified atom stereocenters. The molecule has 0 spiro atoms. The van der Waals surface area contributed by atoms with E-state index in [1.54, 1.807) is 17.8 Å². The minimum absolute atomic E-state index is 0.196. The number of hydrogen-bond donors (Lipinski definition) is 1. The molecule has 1 aromatic carbocycles. The van der Waals surface area contributed by atoms with Gasteiger partial charge in [0.25, 0.3) is 5.91 Å². The topological polar surface area (TPSA) is 56.1 Å². The first-order valence-corrected chi connectivity index (χ1v) is 6.56. The molecule has 1 amide bonds. The molecule has 0 aliphatic rings. The fourth-order valence-corrected chi connectivity index (χ4v) is 2.02. The molecule has 0 atom stereocenters. The Morgan fingerprint density at radius 1 is 1.35 bits per heavy atom. The largest absolute Gasteiger partial charge is 0.492 e. The second kappa shape index (κ2) is 5.77. The molecule has 0 saturated heterocycles. The fourth-order valence-electron chi connectivity index (χ4n) is 2.02. The number of benzene rings is 1. The summed E-state index contributed by atoms with van der Waals surface area (Å²) in [6.07, 6.45) is 0. The lowest BCUT2D eigenvalue weighted by Crippen LogP contribution is -2.16. The summed E-state index contributed by atoms with van der Waals surface area (Å²) in [5, 5.41) is 7.04. The SMILES string of the molecule is CCOc1cc(C)ccc1NC(=O)c1cc(C)nn1C. The number of anilines is 1. The Morgan fingerprint density at radius 2 is 2.10 bits per heavy atom. The molecule has 1 aromatic heterocycles. The minimum atomic E-state index is -0.196. The second-order valence-corrected chi connectivity index (χ2v) is 4.68. The van der Waals surface area contributed by atoms with E-state index in [2.05, 4.69) is 10.4 Å². The van der Waals surface area contributed by atoms with Crippen molar-refractivity contribution in [2.45, 2.75) is 20.8 Å². The van der Waals surface area contributed by atoms with Crippen LogP contribution >= 0.6 is 0 Å². The van der Waals surface area contributed by atoms with Gasteiger partial charge >= 0.3 is 0 Å². The molecule has 106 valence electrons. The van der Waals surface area contributed by atoms with Gasteiger partial charge in [-0.25, -0.2) is 0 Å². The van der Waals surface area contributed by atoms with E-state index in [0.717, 1.165) is 11.3 Å². The Labute approximate surface area is 118 Å². The summed E-state index contributed by atoms with van der Waals surface area (Å²) >= 11 is 0. The first-order valence-electron chi connectivity index (χ1n) is 6.56. The Hall–Kier alpha value is -2.30. The van der Waals surface area contributed by atoms with Crippen LogP contribution in [0.5, 0.6) is 5.75 Å². The summed E-state index contributed by atoms with van der Waals surface area (Å²) in [4.78, 5) is 12.3. The number of hydrogen-bond acceptors (Lipinski definition) is 3. The van der Waals surface area contributed by atoms with Gasteiger partial charge in [0.15, 0.2) is 0 Å². The van der Waals surface area contributed by atoms with Crippen molar-refractivity contribution in [2.24, 2.45) is 7.05 Å². The van der Waals surface area contributed by atoms with Crippen molar-refractivity contribution in [2.75, 3.05) is 11.9 Å². The maximum Gasteiger partial charge on any atom is 0.274 e. The van der Waals surface area contributed by atoms with Crippen LogP contribution in [-0.2, 0) is 7.05 Å². The second-order valence-electron chi connectivity index (χ2n) is 4.68. The zero-order valence-electron chi connectivity index (χ0n) is 12.2. The normalized spacial score (nSPS) is 10.4. The van der Waals surface area contributed by atoms with Gasteiger partial charge in [-0.05, 0) is 44.5 Å².